The van der Waals surface area contributed by atoms with Gasteiger partial charge in [0.15, 0.2) is 6.61 Å². The number of thiophene rings is 1. The van der Waals surface area contributed by atoms with E-state index in [2.05, 4.69) is 5.32 Å². The molecule has 2 amide bonds. The zero-order chi connectivity index (χ0) is 24.3. The number of esters is 1. The van der Waals surface area contributed by atoms with Gasteiger partial charge in [-0.1, -0.05) is 19.9 Å². The second-order valence-corrected chi connectivity index (χ2v) is 10.6. The lowest BCUT2D eigenvalue weighted by Crippen LogP contribution is -2.31. The van der Waals surface area contributed by atoms with E-state index in [4.69, 9.17) is 10.5 Å². The van der Waals surface area contributed by atoms with Gasteiger partial charge < -0.3 is 15.8 Å². The van der Waals surface area contributed by atoms with Crippen LogP contribution in [0.4, 0.5) is 5.00 Å². The molecule has 0 radical (unpaired) electrons. The van der Waals surface area contributed by atoms with Crippen molar-refractivity contribution in [2.75, 3.05) is 25.0 Å². The highest BCUT2D eigenvalue weighted by atomic mass is 32.2. The number of ether oxygens (including phenoxy) is 1. The van der Waals surface area contributed by atoms with Crippen molar-refractivity contribution in [2.45, 2.75) is 44.9 Å². The van der Waals surface area contributed by atoms with Crippen LogP contribution in [0.15, 0.2) is 23.1 Å². The van der Waals surface area contributed by atoms with Gasteiger partial charge in [0, 0.05) is 18.0 Å². The molecule has 178 valence electrons. The molecule has 9 nitrogen and oxygen atoms in total. The molecule has 11 heteroatoms. The number of amides is 2. The molecule has 0 atom stereocenters. The van der Waals surface area contributed by atoms with Gasteiger partial charge in [0.05, 0.1) is 16.0 Å². The standard InChI is InChI=1S/C22H27N3O6S2/c1-4-25(5-2)33(29,30)17-11-14(10-9-13(17)3)22(28)31-12-18(26)24-21-19(20(23)27)15-7-6-8-16(15)32-21/h9-11H,4-8,12H2,1-3H3,(H2,23,27)(H,24,26). The number of aryl methyl sites for hydroxylation is 2. The minimum absolute atomic E-state index is 0.0179. The minimum Gasteiger partial charge on any atom is -0.452 e. The normalized spacial score (nSPS) is 13.1. The summed E-state index contributed by atoms with van der Waals surface area (Å²) < 4.78 is 32.1. The van der Waals surface area contributed by atoms with Crippen LogP contribution in [0.3, 0.4) is 0 Å². The molecule has 0 unspecified atom stereocenters. The van der Waals surface area contributed by atoms with Crippen molar-refractivity contribution in [3.05, 3.63) is 45.3 Å². The molecule has 1 aromatic heterocycles. The third-order valence-electron chi connectivity index (χ3n) is 5.50. The monoisotopic (exact) mass is 493 g/mol. The van der Waals surface area contributed by atoms with Crippen LogP contribution < -0.4 is 11.1 Å². The van der Waals surface area contributed by atoms with Crippen LogP contribution in [0.5, 0.6) is 0 Å². The Labute approximate surface area is 197 Å². The maximum atomic E-state index is 12.9. The van der Waals surface area contributed by atoms with Gasteiger partial charge in [0.25, 0.3) is 11.8 Å². The number of nitrogens with zero attached hydrogens (tertiary/aromatic N) is 1. The first-order chi connectivity index (χ1) is 15.6. The first-order valence-corrected chi connectivity index (χ1v) is 12.9. The summed E-state index contributed by atoms with van der Waals surface area (Å²) in [7, 11) is -3.77. The van der Waals surface area contributed by atoms with Gasteiger partial charge in [0.2, 0.25) is 10.0 Å². The van der Waals surface area contributed by atoms with E-state index < -0.39 is 34.4 Å². The number of nitrogens with one attached hydrogen (secondary N) is 1. The third-order valence-corrected chi connectivity index (χ3v) is 8.90. The number of carbonyl (C=O) groups excluding carboxylic acids is 3. The maximum absolute atomic E-state index is 12.9. The van der Waals surface area contributed by atoms with Gasteiger partial charge in [0.1, 0.15) is 5.00 Å². The fourth-order valence-corrected chi connectivity index (χ4v) is 6.86. The SMILES string of the molecule is CCN(CC)S(=O)(=O)c1cc(C(=O)OCC(=O)Nc2sc3c(c2C(N)=O)CCC3)ccc1C. The predicted molar refractivity (Wildman–Crippen MR) is 125 cm³/mol. The molecule has 0 fully saturated rings. The largest absolute Gasteiger partial charge is 0.452 e. The van der Waals surface area contributed by atoms with Crippen LogP contribution in [0.2, 0.25) is 0 Å². The number of fused-ring (bicyclic) bond motifs is 1. The molecule has 0 spiro atoms. The number of hydrogen-bond donors (Lipinski definition) is 2. The summed E-state index contributed by atoms with van der Waals surface area (Å²) in [6.07, 6.45) is 2.51. The highest BCUT2D eigenvalue weighted by Crippen LogP contribution is 2.38. The topological polar surface area (TPSA) is 136 Å². The summed E-state index contributed by atoms with van der Waals surface area (Å²) in [5.74, 6) is -2.05. The number of nitrogens with two attached hydrogens (primary N) is 1. The van der Waals surface area contributed by atoms with Gasteiger partial charge in [-0.2, -0.15) is 4.31 Å². The molecule has 1 heterocycles. The van der Waals surface area contributed by atoms with E-state index in [1.54, 1.807) is 20.8 Å². The second-order valence-electron chi connectivity index (χ2n) is 7.62. The van der Waals surface area contributed by atoms with E-state index in [1.807, 2.05) is 0 Å². The molecule has 1 aromatic carbocycles. The number of anilines is 1. The molecule has 1 aliphatic rings. The fourth-order valence-electron chi connectivity index (χ4n) is 3.84. The van der Waals surface area contributed by atoms with Crippen LogP contribution in [-0.4, -0.2) is 50.2 Å². The Kier molecular flexibility index (Phi) is 7.55. The Morgan fingerprint density at radius 3 is 2.52 bits per heavy atom. The number of hydrogen-bond acceptors (Lipinski definition) is 7. The highest BCUT2D eigenvalue weighted by Gasteiger charge is 2.27. The van der Waals surface area contributed by atoms with Gasteiger partial charge in [-0.3, -0.25) is 9.59 Å². The van der Waals surface area contributed by atoms with Crippen molar-refractivity contribution in [3.63, 3.8) is 0 Å². The molecule has 0 saturated carbocycles. The van der Waals surface area contributed by atoms with Crippen molar-refractivity contribution in [2.24, 2.45) is 5.73 Å². The Morgan fingerprint density at radius 1 is 1.18 bits per heavy atom. The van der Waals surface area contributed by atoms with Crippen LogP contribution in [0.1, 0.15) is 57.0 Å². The zero-order valence-electron chi connectivity index (χ0n) is 18.8. The van der Waals surface area contributed by atoms with E-state index >= 15 is 0 Å². The molecule has 3 N–H and O–H groups in total. The van der Waals surface area contributed by atoms with Crippen molar-refractivity contribution in [1.29, 1.82) is 0 Å². The number of sulfonamides is 1. The van der Waals surface area contributed by atoms with E-state index in [9.17, 15) is 22.8 Å². The Bertz CT molecular complexity index is 1200. The average Bonchev–Trinajstić information content (AvgIpc) is 3.33. The molecule has 33 heavy (non-hydrogen) atoms. The maximum Gasteiger partial charge on any atom is 0.338 e. The molecular weight excluding hydrogens is 466 g/mol. The highest BCUT2D eigenvalue weighted by molar-refractivity contribution is 7.89. The van der Waals surface area contributed by atoms with E-state index in [1.165, 1.54) is 33.8 Å². The van der Waals surface area contributed by atoms with Crippen LogP contribution in [0.25, 0.3) is 0 Å². The van der Waals surface area contributed by atoms with Crippen molar-refractivity contribution >= 4 is 44.1 Å². The van der Waals surface area contributed by atoms with Gasteiger partial charge in [-0.25, -0.2) is 13.2 Å². The summed E-state index contributed by atoms with van der Waals surface area (Å²) in [6, 6.07) is 4.24. The first-order valence-electron chi connectivity index (χ1n) is 10.6. The Morgan fingerprint density at radius 2 is 1.88 bits per heavy atom. The number of benzene rings is 1. The first kappa shape index (κ1) is 24.9. The van der Waals surface area contributed by atoms with E-state index in [-0.39, 0.29) is 10.5 Å². The molecule has 2 aromatic rings. The average molecular weight is 494 g/mol. The lowest BCUT2D eigenvalue weighted by Gasteiger charge is -2.20. The van der Waals surface area contributed by atoms with E-state index in [0.717, 1.165) is 29.7 Å². The number of carbonyl (C=O) groups is 3. The molecule has 0 bridgehead atoms. The zero-order valence-corrected chi connectivity index (χ0v) is 20.4. The predicted octanol–water partition coefficient (Wildman–Crippen LogP) is 2.47. The van der Waals surface area contributed by atoms with Crippen molar-refractivity contribution in [1.82, 2.24) is 4.31 Å². The lowest BCUT2D eigenvalue weighted by molar-refractivity contribution is -0.119. The van der Waals surface area contributed by atoms with Crippen LogP contribution >= 0.6 is 11.3 Å². The van der Waals surface area contributed by atoms with Crippen LogP contribution in [-0.2, 0) is 32.4 Å². The molecule has 1 aliphatic carbocycles. The minimum atomic E-state index is -3.77. The summed E-state index contributed by atoms with van der Waals surface area (Å²) in [5, 5.41) is 2.96. The van der Waals surface area contributed by atoms with Gasteiger partial charge in [-0.05, 0) is 49.4 Å². The van der Waals surface area contributed by atoms with Gasteiger partial charge >= 0.3 is 5.97 Å². The molecular formula is C22H27N3O6S2. The summed E-state index contributed by atoms with van der Waals surface area (Å²) in [4.78, 5) is 37.8. The summed E-state index contributed by atoms with van der Waals surface area (Å²) in [6.45, 7) is 5.12. The smallest absolute Gasteiger partial charge is 0.338 e. The third kappa shape index (κ3) is 5.10. The van der Waals surface area contributed by atoms with Crippen LogP contribution in [0, 0.1) is 6.92 Å². The number of rotatable bonds is 9. The Balaban J connectivity index is 1.71. The van der Waals surface area contributed by atoms with Crippen molar-refractivity contribution < 1.29 is 27.5 Å². The lowest BCUT2D eigenvalue weighted by atomic mass is 10.1. The molecule has 0 aliphatic heterocycles. The fraction of sp³-hybridized carbons (Fsp3) is 0.409. The molecule has 0 saturated heterocycles. The summed E-state index contributed by atoms with van der Waals surface area (Å²) >= 11 is 1.30. The Hall–Kier alpha value is -2.76. The van der Waals surface area contributed by atoms with Gasteiger partial charge in [-0.15, -0.1) is 11.3 Å². The van der Waals surface area contributed by atoms with Crippen molar-refractivity contribution in [3.8, 4) is 0 Å². The van der Waals surface area contributed by atoms with E-state index in [0.29, 0.717) is 29.2 Å². The summed E-state index contributed by atoms with van der Waals surface area (Å²) in [5.41, 5.74) is 7.20. The number of primary amides is 1. The second kappa shape index (κ2) is 10.0. The molecule has 3 rings (SSSR count). The quantitative estimate of drug-likeness (QED) is 0.515.